The van der Waals surface area contributed by atoms with Crippen LogP contribution in [-0.4, -0.2) is 6.54 Å². The molecule has 0 heterocycles. The van der Waals surface area contributed by atoms with E-state index in [4.69, 9.17) is 5.73 Å². The van der Waals surface area contributed by atoms with Gasteiger partial charge in [0.2, 0.25) is 0 Å². The molecule has 0 radical (unpaired) electrons. The number of benzene rings is 1. The summed E-state index contributed by atoms with van der Waals surface area (Å²) in [6.45, 7) is 3.05. The second kappa shape index (κ2) is 3.74. The highest BCUT2D eigenvalue weighted by Gasteiger charge is 2.43. The largest absolute Gasteiger partial charge is 0.330 e. The lowest BCUT2D eigenvalue weighted by Crippen LogP contribution is -2.15. The minimum atomic E-state index is 0.460. The van der Waals surface area contributed by atoms with Crippen molar-refractivity contribution >= 4 is 0 Å². The fourth-order valence-electron chi connectivity index (χ4n) is 2.43. The molecule has 2 rings (SSSR count). The van der Waals surface area contributed by atoms with Gasteiger partial charge in [-0.3, -0.25) is 0 Å². The number of hydrogen-bond donors (Lipinski definition) is 1. The highest BCUT2D eigenvalue weighted by molar-refractivity contribution is 5.38. The molecule has 0 unspecified atom stereocenters. The minimum absolute atomic E-state index is 0.460. The molecule has 1 fully saturated rings. The molecule has 1 heteroatoms. The first kappa shape index (κ1) is 9.72. The Labute approximate surface area is 86.3 Å². The van der Waals surface area contributed by atoms with Gasteiger partial charge in [0.15, 0.2) is 0 Å². The van der Waals surface area contributed by atoms with Crippen LogP contribution >= 0.6 is 0 Å². The smallest absolute Gasteiger partial charge is 0.00316 e. The Morgan fingerprint density at radius 1 is 1.29 bits per heavy atom. The fourth-order valence-corrected chi connectivity index (χ4v) is 2.43. The maximum atomic E-state index is 5.68. The third-order valence-electron chi connectivity index (χ3n) is 3.45. The van der Waals surface area contributed by atoms with Gasteiger partial charge in [-0.05, 0) is 48.8 Å². The molecule has 0 amide bonds. The van der Waals surface area contributed by atoms with Crippen LogP contribution in [0.5, 0.6) is 0 Å². The predicted octanol–water partition coefficient (Wildman–Crippen LogP) is 2.63. The third kappa shape index (κ3) is 1.57. The van der Waals surface area contributed by atoms with Crippen LogP contribution < -0.4 is 5.73 Å². The molecular formula is C13H19N. The van der Waals surface area contributed by atoms with Gasteiger partial charge >= 0.3 is 0 Å². The standard InChI is InChI=1S/C13H19N/c1-2-11-5-3-4-6-12(11)13(7-8-13)9-10-14/h3-6H,2,7-10,14H2,1H3. The summed E-state index contributed by atoms with van der Waals surface area (Å²) in [5.41, 5.74) is 9.22. The van der Waals surface area contributed by atoms with Gasteiger partial charge in [0.1, 0.15) is 0 Å². The Kier molecular flexibility index (Phi) is 2.60. The van der Waals surface area contributed by atoms with Gasteiger partial charge in [0.25, 0.3) is 0 Å². The van der Waals surface area contributed by atoms with Crippen LogP contribution in [0.2, 0.25) is 0 Å². The quantitative estimate of drug-likeness (QED) is 0.774. The fraction of sp³-hybridized carbons (Fsp3) is 0.538. The minimum Gasteiger partial charge on any atom is -0.330 e. The summed E-state index contributed by atoms with van der Waals surface area (Å²) in [6.07, 6.45) is 4.97. The van der Waals surface area contributed by atoms with E-state index in [0.29, 0.717) is 5.41 Å². The van der Waals surface area contributed by atoms with Gasteiger partial charge in [-0.2, -0.15) is 0 Å². The summed E-state index contributed by atoms with van der Waals surface area (Å²) in [6, 6.07) is 8.85. The van der Waals surface area contributed by atoms with E-state index in [1.54, 1.807) is 5.56 Å². The lowest BCUT2D eigenvalue weighted by Gasteiger charge is -2.18. The van der Waals surface area contributed by atoms with E-state index in [1.165, 1.54) is 18.4 Å². The van der Waals surface area contributed by atoms with Crippen LogP contribution in [0.4, 0.5) is 0 Å². The molecule has 1 saturated carbocycles. The van der Waals surface area contributed by atoms with Crippen molar-refractivity contribution in [2.45, 2.75) is 38.0 Å². The summed E-state index contributed by atoms with van der Waals surface area (Å²) in [5, 5.41) is 0. The van der Waals surface area contributed by atoms with E-state index in [1.807, 2.05) is 0 Å². The Bertz CT molecular complexity index is 313. The molecule has 1 nitrogen and oxygen atoms in total. The Morgan fingerprint density at radius 3 is 2.57 bits per heavy atom. The number of aryl methyl sites for hydroxylation is 1. The van der Waals surface area contributed by atoms with Gasteiger partial charge in [0, 0.05) is 0 Å². The topological polar surface area (TPSA) is 26.0 Å². The van der Waals surface area contributed by atoms with E-state index >= 15 is 0 Å². The van der Waals surface area contributed by atoms with Crippen molar-refractivity contribution in [1.29, 1.82) is 0 Å². The molecule has 0 aliphatic heterocycles. The van der Waals surface area contributed by atoms with Crippen molar-refractivity contribution in [2.24, 2.45) is 5.73 Å². The van der Waals surface area contributed by atoms with E-state index in [2.05, 4.69) is 31.2 Å². The molecule has 0 aromatic heterocycles. The second-order valence-electron chi connectivity index (χ2n) is 4.33. The van der Waals surface area contributed by atoms with Crippen LogP contribution in [0.1, 0.15) is 37.3 Å². The lowest BCUT2D eigenvalue weighted by atomic mass is 9.88. The van der Waals surface area contributed by atoms with Crippen molar-refractivity contribution in [3.8, 4) is 0 Å². The van der Waals surface area contributed by atoms with E-state index in [9.17, 15) is 0 Å². The molecule has 0 bridgehead atoms. The predicted molar refractivity (Wildman–Crippen MR) is 60.4 cm³/mol. The number of rotatable bonds is 4. The molecule has 2 N–H and O–H groups in total. The highest BCUT2D eigenvalue weighted by atomic mass is 14.6. The maximum absolute atomic E-state index is 5.68. The number of hydrogen-bond acceptors (Lipinski definition) is 1. The average molecular weight is 189 g/mol. The molecule has 1 aromatic rings. The van der Waals surface area contributed by atoms with Gasteiger partial charge < -0.3 is 5.73 Å². The molecule has 1 aromatic carbocycles. The molecule has 0 spiro atoms. The van der Waals surface area contributed by atoms with E-state index in [-0.39, 0.29) is 0 Å². The van der Waals surface area contributed by atoms with E-state index in [0.717, 1.165) is 19.4 Å². The zero-order valence-corrected chi connectivity index (χ0v) is 8.92. The van der Waals surface area contributed by atoms with Crippen LogP contribution in [0.3, 0.4) is 0 Å². The zero-order chi connectivity index (χ0) is 10.0. The summed E-state index contributed by atoms with van der Waals surface area (Å²) >= 11 is 0. The second-order valence-corrected chi connectivity index (χ2v) is 4.33. The average Bonchev–Trinajstić information content (AvgIpc) is 2.99. The summed E-state index contributed by atoms with van der Waals surface area (Å²) in [4.78, 5) is 0. The van der Waals surface area contributed by atoms with Gasteiger partial charge in [-0.1, -0.05) is 31.2 Å². The Balaban J connectivity index is 2.31. The Morgan fingerprint density at radius 2 is 2.00 bits per heavy atom. The van der Waals surface area contributed by atoms with Crippen molar-refractivity contribution in [1.82, 2.24) is 0 Å². The van der Waals surface area contributed by atoms with Crippen molar-refractivity contribution in [2.75, 3.05) is 6.54 Å². The molecule has 0 saturated heterocycles. The summed E-state index contributed by atoms with van der Waals surface area (Å²) in [7, 11) is 0. The molecule has 76 valence electrons. The first-order valence-corrected chi connectivity index (χ1v) is 5.61. The first-order valence-electron chi connectivity index (χ1n) is 5.61. The van der Waals surface area contributed by atoms with Crippen LogP contribution in [0.15, 0.2) is 24.3 Å². The SMILES string of the molecule is CCc1ccccc1C1(CCN)CC1. The van der Waals surface area contributed by atoms with Gasteiger partial charge in [-0.25, -0.2) is 0 Å². The van der Waals surface area contributed by atoms with Gasteiger partial charge in [-0.15, -0.1) is 0 Å². The van der Waals surface area contributed by atoms with Crippen LogP contribution in [0, 0.1) is 0 Å². The molecule has 1 aliphatic rings. The van der Waals surface area contributed by atoms with Crippen molar-refractivity contribution in [3.63, 3.8) is 0 Å². The first-order chi connectivity index (χ1) is 6.82. The van der Waals surface area contributed by atoms with Crippen LogP contribution in [0.25, 0.3) is 0 Å². The molecule has 14 heavy (non-hydrogen) atoms. The third-order valence-corrected chi connectivity index (χ3v) is 3.45. The summed E-state index contributed by atoms with van der Waals surface area (Å²) < 4.78 is 0. The van der Waals surface area contributed by atoms with Crippen LogP contribution in [-0.2, 0) is 11.8 Å². The lowest BCUT2D eigenvalue weighted by molar-refractivity contribution is 0.622. The number of nitrogens with two attached hydrogens (primary N) is 1. The molecule has 0 atom stereocenters. The zero-order valence-electron chi connectivity index (χ0n) is 8.92. The Hall–Kier alpha value is -0.820. The van der Waals surface area contributed by atoms with Gasteiger partial charge in [0.05, 0.1) is 0 Å². The monoisotopic (exact) mass is 189 g/mol. The molecular weight excluding hydrogens is 170 g/mol. The molecule has 1 aliphatic carbocycles. The van der Waals surface area contributed by atoms with Crippen molar-refractivity contribution in [3.05, 3.63) is 35.4 Å². The van der Waals surface area contributed by atoms with Crippen molar-refractivity contribution < 1.29 is 0 Å². The summed E-state index contributed by atoms with van der Waals surface area (Å²) in [5.74, 6) is 0. The van der Waals surface area contributed by atoms with E-state index < -0.39 is 0 Å². The maximum Gasteiger partial charge on any atom is -0.00316 e. The highest BCUT2D eigenvalue weighted by Crippen LogP contribution is 2.51. The normalized spacial score (nSPS) is 18.1.